The van der Waals surface area contributed by atoms with E-state index in [4.69, 9.17) is 5.73 Å². The highest BCUT2D eigenvalue weighted by Gasteiger charge is 2.25. The smallest absolute Gasteiger partial charge is 0.254 e. The van der Waals surface area contributed by atoms with Crippen molar-refractivity contribution in [2.45, 2.75) is 13.1 Å². The Bertz CT molecular complexity index is 1540. The van der Waals surface area contributed by atoms with Crippen molar-refractivity contribution in [1.29, 1.82) is 0 Å². The molecule has 2 heterocycles. The number of carbonyl (C=O) groups excluding carboxylic acids is 1. The lowest BCUT2D eigenvalue weighted by molar-refractivity contribution is 0.0753. The number of amides is 1. The Morgan fingerprint density at radius 1 is 0.917 bits per heavy atom. The molecule has 3 N–H and O–H groups in total. The lowest BCUT2D eigenvalue weighted by Crippen LogP contribution is -2.35. The van der Waals surface area contributed by atoms with Crippen molar-refractivity contribution in [3.63, 3.8) is 0 Å². The van der Waals surface area contributed by atoms with Gasteiger partial charge < -0.3 is 20.5 Å². The Morgan fingerprint density at radius 2 is 1.75 bits per heavy atom. The predicted octanol–water partition coefficient (Wildman–Crippen LogP) is 5.47. The third-order valence-electron chi connectivity index (χ3n) is 6.86. The van der Waals surface area contributed by atoms with E-state index in [1.807, 2.05) is 71.8 Å². The first-order valence-electron chi connectivity index (χ1n) is 12.1. The standard InChI is InChI=1S/C30H27N5O/c31-25-8-3-7-22(16-25)23-11-12-29-24(15-23)18-35(14-13-34(29)19-26-17-32-20-33-26)30(36)28-10-4-6-21-5-1-2-9-27(21)28/h1-12,15-17,20H,13-14,18-19,31H2,(H,32,33). The predicted molar refractivity (Wildman–Crippen MR) is 145 cm³/mol. The molecule has 0 spiro atoms. The molecular formula is C30H27N5O. The van der Waals surface area contributed by atoms with Crippen molar-refractivity contribution in [2.24, 2.45) is 0 Å². The first-order chi connectivity index (χ1) is 17.7. The maximum absolute atomic E-state index is 13.9. The van der Waals surface area contributed by atoms with Gasteiger partial charge in [-0.3, -0.25) is 4.79 Å². The maximum atomic E-state index is 13.9. The van der Waals surface area contributed by atoms with Crippen LogP contribution in [-0.4, -0.2) is 33.9 Å². The number of nitrogens with zero attached hydrogens (tertiary/aromatic N) is 3. The number of anilines is 2. The van der Waals surface area contributed by atoms with E-state index in [1.54, 1.807) is 6.33 Å². The van der Waals surface area contributed by atoms with Crippen LogP contribution in [0.1, 0.15) is 21.6 Å². The van der Waals surface area contributed by atoms with E-state index in [-0.39, 0.29) is 5.91 Å². The molecular weight excluding hydrogens is 446 g/mol. The average molecular weight is 474 g/mol. The molecule has 0 fully saturated rings. The number of aromatic amines is 1. The number of rotatable bonds is 4. The molecule has 1 aliphatic heterocycles. The molecule has 5 aromatic rings. The molecule has 36 heavy (non-hydrogen) atoms. The zero-order valence-electron chi connectivity index (χ0n) is 19.9. The maximum Gasteiger partial charge on any atom is 0.254 e. The minimum absolute atomic E-state index is 0.0497. The van der Waals surface area contributed by atoms with E-state index in [2.05, 4.69) is 39.1 Å². The van der Waals surface area contributed by atoms with Gasteiger partial charge in [-0.25, -0.2) is 4.98 Å². The van der Waals surface area contributed by atoms with E-state index in [1.165, 1.54) is 0 Å². The number of nitrogens with one attached hydrogen (secondary N) is 1. The summed E-state index contributed by atoms with van der Waals surface area (Å²) >= 11 is 0. The summed E-state index contributed by atoms with van der Waals surface area (Å²) in [6.07, 6.45) is 3.62. The van der Waals surface area contributed by atoms with Gasteiger partial charge in [-0.15, -0.1) is 0 Å². The summed E-state index contributed by atoms with van der Waals surface area (Å²) in [5.74, 6) is 0.0497. The molecule has 0 saturated heterocycles. The number of carbonyl (C=O) groups is 1. The SMILES string of the molecule is Nc1cccc(-c2ccc3c(c2)CN(C(=O)c2cccc4ccccc24)CCN3Cc2c[nH]cn2)c1. The molecule has 1 aliphatic rings. The molecule has 1 amide bonds. The quantitative estimate of drug-likeness (QED) is 0.339. The summed E-state index contributed by atoms with van der Waals surface area (Å²) in [4.78, 5) is 25.6. The molecule has 4 aromatic carbocycles. The van der Waals surface area contributed by atoms with Crippen molar-refractivity contribution < 1.29 is 4.79 Å². The van der Waals surface area contributed by atoms with Gasteiger partial charge in [0.15, 0.2) is 0 Å². The fourth-order valence-electron chi connectivity index (χ4n) is 5.06. The molecule has 0 atom stereocenters. The number of H-pyrrole nitrogens is 1. The van der Waals surface area contributed by atoms with Crippen LogP contribution < -0.4 is 10.6 Å². The molecule has 0 saturated carbocycles. The Kier molecular flexibility index (Phi) is 5.62. The molecule has 6 rings (SSSR count). The second-order valence-electron chi connectivity index (χ2n) is 9.20. The third-order valence-corrected chi connectivity index (χ3v) is 6.86. The minimum atomic E-state index is 0.0497. The van der Waals surface area contributed by atoms with E-state index in [9.17, 15) is 4.79 Å². The van der Waals surface area contributed by atoms with Gasteiger partial charge >= 0.3 is 0 Å². The van der Waals surface area contributed by atoms with Crippen LogP contribution in [0.2, 0.25) is 0 Å². The Labute approximate surface area is 210 Å². The first-order valence-corrected chi connectivity index (χ1v) is 12.1. The van der Waals surface area contributed by atoms with Gasteiger partial charge in [0.25, 0.3) is 5.91 Å². The van der Waals surface area contributed by atoms with Crippen LogP contribution in [0.5, 0.6) is 0 Å². The highest BCUT2D eigenvalue weighted by Crippen LogP contribution is 2.33. The lowest BCUT2D eigenvalue weighted by Gasteiger charge is -2.24. The lowest BCUT2D eigenvalue weighted by atomic mass is 10.00. The fraction of sp³-hybridized carbons (Fsp3) is 0.133. The molecule has 1 aromatic heterocycles. The number of hydrogen-bond acceptors (Lipinski definition) is 4. The van der Waals surface area contributed by atoms with Gasteiger partial charge in [0.1, 0.15) is 0 Å². The monoisotopic (exact) mass is 473 g/mol. The summed E-state index contributed by atoms with van der Waals surface area (Å²) in [7, 11) is 0. The number of fused-ring (bicyclic) bond motifs is 2. The van der Waals surface area contributed by atoms with Gasteiger partial charge in [-0.05, 0) is 57.8 Å². The molecule has 0 bridgehead atoms. The van der Waals surface area contributed by atoms with Crippen LogP contribution in [-0.2, 0) is 13.1 Å². The molecule has 6 heteroatoms. The van der Waals surface area contributed by atoms with Crippen LogP contribution in [0.3, 0.4) is 0 Å². The van der Waals surface area contributed by atoms with Gasteiger partial charge in [0.05, 0.1) is 18.6 Å². The minimum Gasteiger partial charge on any atom is -0.399 e. The van der Waals surface area contributed by atoms with Gasteiger partial charge in [-0.1, -0.05) is 54.6 Å². The van der Waals surface area contributed by atoms with Gasteiger partial charge in [0.2, 0.25) is 0 Å². The second-order valence-corrected chi connectivity index (χ2v) is 9.20. The number of benzene rings is 4. The van der Waals surface area contributed by atoms with E-state index < -0.39 is 0 Å². The Morgan fingerprint density at radius 3 is 2.61 bits per heavy atom. The van der Waals surface area contributed by atoms with Crippen LogP contribution in [0.25, 0.3) is 21.9 Å². The van der Waals surface area contributed by atoms with Crippen molar-refractivity contribution >= 4 is 28.1 Å². The van der Waals surface area contributed by atoms with Crippen LogP contribution in [0, 0.1) is 0 Å². The van der Waals surface area contributed by atoms with Crippen LogP contribution in [0.4, 0.5) is 11.4 Å². The number of hydrogen-bond donors (Lipinski definition) is 2. The number of nitrogens with two attached hydrogens (primary N) is 1. The van der Waals surface area contributed by atoms with E-state index >= 15 is 0 Å². The van der Waals surface area contributed by atoms with Gasteiger partial charge in [0, 0.05) is 42.8 Å². The molecule has 0 radical (unpaired) electrons. The first kappa shape index (κ1) is 21.9. The van der Waals surface area contributed by atoms with E-state index in [0.29, 0.717) is 26.2 Å². The van der Waals surface area contributed by atoms with Crippen molar-refractivity contribution in [1.82, 2.24) is 14.9 Å². The zero-order valence-corrected chi connectivity index (χ0v) is 19.9. The second kappa shape index (κ2) is 9.23. The number of imidazole rings is 1. The average Bonchev–Trinajstić information content (AvgIpc) is 3.36. The summed E-state index contributed by atoms with van der Waals surface area (Å²) in [5.41, 5.74) is 12.9. The Balaban J connectivity index is 1.40. The number of nitrogen functional groups attached to an aromatic ring is 1. The highest BCUT2D eigenvalue weighted by atomic mass is 16.2. The van der Waals surface area contributed by atoms with Crippen LogP contribution in [0.15, 0.2) is 97.5 Å². The summed E-state index contributed by atoms with van der Waals surface area (Å²) < 4.78 is 0. The van der Waals surface area contributed by atoms with Crippen molar-refractivity contribution in [2.75, 3.05) is 23.7 Å². The van der Waals surface area contributed by atoms with Crippen molar-refractivity contribution in [3.8, 4) is 11.1 Å². The highest BCUT2D eigenvalue weighted by molar-refractivity contribution is 6.07. The van der Waals surface area contributed by atoms with Gasteiger partial charge in [-0.2, -0.15) is 0 Å². The topological polar surface area (TPSA) is 78.2 Å². The Hall–Kier alpha value is -4.58. The number of aromatic nitrogens is 2. The molecule has 0 aliphatic carbocycles. The molecule has 178 valence electrons. The largest absolute Gasteiger partial charge is 0.399 e. The summed E-state index contributed by atoms with van der Waals surface area (Å²) in [5, 5.41) is 2.05. The summed E-state index contributed by atoms with van der Waals surface area (Å²) in [6.45, 7) is 2.54. The zero-order chi connectivity index (χ0) is 24.5. The van der Waals surface area contributed by atoms with Crippen LogP contribution >= 0.6 is 0 Å². The van der Waals surface area contributed by atoms with E-state index in [0.717, 1.165) is 50.1 Å². The summed E-state index contributed by atoms with van der Waals surface area (Å²) in [6, 6.07) is 28.4. The van der Waals surface area contributed by atoms with Crippen molar-refractivity contribution in [3.05, 3.63) is 114 Å². The molecule has 6 nitrogen and oxygen atoms in total. The molecule has 0 unspecified atom stereocenters. The fourth-order valence-corrected chi connectivity index (χ4v) is 5.06. The third kappa shape index (κ3) is 4.18. The normalized spacial score (nSPS) is 13.4.